The zero-order chi connectivity index (χ0) is 11.4. The van der Waals surface area contributed by atoms with E-state index in [4.69, 9.17) is 0 Å². The second-order valence-electron chi connectivity index (χ2n) is 5.77. The average molecular weight is 213 g/mol. The molecule has 1 rings (SSSR count). The molecule has 0 aromatic heterocycles. The molecule has 1 fully saturated rings. The molecule has 1 saturated carbocycles. The van der Waals surface area contributed by atoms with Crippen molar-refractivity contribution in [2.45, 2.75) is 76.9 Å². The molecule has 0 aliphatic heterocycles. The molecule has 0 aromatic rings. The quantitative estimate of drug-likeness (QED) is 0.736. The maximum Gasteiger partial charge on any atom is 0.0771 e. The monoisotopic (exact) mass is 213 g/mol. The third kappa shape index (κ3) is 4.52. The molecule has 0 atom stereocenters. The van der Waals surface area contributed by atoms with Gasteiger partial charge in [0.2, 0.25) is 0 Å². The van der Waals surface area contributed by atoms with E-state index in [-0.39, 0.29) is 5.54 Å². The molecular weight excluding hydrogens is 186 g/mol. The van der Waals surface area contributed by atoms with Crippen molar-refractivity contribution in [3.63, 3.8) is 0 Å². The highest BCUT2D eigenvalue weighted by Crippen LogP contribution is 2.28. The first-order chi connectivity index (χ1) is 6.97. The van der Waals surface area contributed by atoms with Crippen molar-refractivity contribution in [1.82, 2.24) is 5.32 Å². The normalized spacial score (nSPS) is 21.6. The van der Waals surface area contributed by atoms with Crippen LogP contribution in [0.25, 0.3) is 0 Å². The van der Waals surface area contributed by atoms with Gasteiger partial charge in [0.25, 0.3) is 0 Å². The maximum absolute atomic E-state index is 10.3. The Balaban J connectivity index is 2.34. The fourth-order valence-corrected chi connectivity index (χ4v) is 2.50. The van der Waals surface area contributed by atoms with Crippen LogP contribution >= 0.6 is 0 Å². The molecule has 0 spiro atoms. The predicted molar refractivity (Wildman–Crippen MR) is 65.0 cm³/mol. The second kappa shape index (κ2) is 5.31. The Hall–Kier alpha value is -0.0800. The Labute approximate surface area is 94.5 Å². The highest BCUT2D eigenvalue weighted by atomic mass is 16.3. The first-order valence-corrected chi connectivity index (χ1v) is 6.45. The van der Waals surface area contributed by atoms with Gasteiger partial charge in [-0.25, -0.2) is 0 Å². The summed E-state index contributed by atoms with van der Waals surface area (Å²) in [7, 11) is 0. The molecule has 1 aliphatic carbocycles. The number of hydrogen-bond acceptors (Lipinski definition) is 2. The van der Waals surface area contributed by atoms with Crippen LogP contribution in [0, 0.1) is 0 Å². The summed E-state index contributed by atoms with van der Waals surface area (Å²) >= 11 is 0. The minimum Gasteiger partial charge on any atom is -0.389 e. The summed E-state index contributed by atoms with van der Waals surface area (Å²) in [5.41, 5.74) is -0.259. The Morgan fingerprint density at radius 2 is 1.80 bits per heavy atom. The van der Waals surface area contributed by atoms with E-state index in [9.17, 15) is 5.11 Å². The number of rotatable bonds is 5. The molecule has 0 aromatic carbocycles. The maximum atomic E-state index is 10.3. The van der Waals surface area contributed by atoms with Gasteiger partial charge >= 0.3 is 0 Å². The van der Waals surface area contributed by atoms with Gasteiger partial charge in [0.05, 0.1) is 5.60 Å². The van der Waals surface area contributed by atoms with E-state index in [1.807, 2.05) is 0 Å². The van der Waals surface area contributed by atoms with Crippen molar-refractivity contribution in [1.29, 1.82) is 0 Å². The van der Waals surface area contributed by atoms with Gasteiger partial charge in [0.1, 0.15) is 0 Å². The molecule has 0 amide bonds. The van der Waals surface area contributed by atoms with Crippen LogP contribution in [0.2, 0.25) is 0 Å². The third-order valence-electron chi connectivity index (χ3n) is 3.56. The van der Waals surface area contributed by atoms with Crippen molar-refractivity contribution in [3.05, 3.63) is 0 Å². The Morgan fingerprint density at radius 1 is 1.20 bits per heavy atom. The third-order valence-corrected chi connectivity index (χ3v) is 3.56. The van der Waals surface area contributed by atoms with Gasteiger partial charge in [0.15, 0.2) is 0 Å². The molecule has 0 bridgehead atoms. The SMILES string of the molecule is CCCC(C)(C)NCC1(O)CCCCC1. The Bertz CT molecular complexity index is 183. The molecule has 1 aliphatic rings. The van der Waals surface area contributed by atoms with Crippen molar-refractivity contribution in [3.8, 4) is 0 Å². The summed E-state index contributed by atoms with van der Waals surface area (Å²) in [6.45, 7) is 7.42. The number of nitrogens with one attached hydrogen (secondary N) is 1. The summed E-state index contributed by atoms with van der Waals surface area (Å²) in [5, 5.41) is 13.9. The molecule has 0 unspecified atom stereocenters. The number of hydrogen-bond donors (Lipinski definition) is 2. The van der Waals surface area contributed by atoms with Gasteiger partial charge in [-0.1, -0.05) is 32.6 Å². The fourth-order valence-electron chi connectivity index (χ4n) is 2.50. The van der Waals surface area contributed by atoms with E-state index in [0.717, 1.165) is 19.4 Å². The van der Waals surface area contributed by atoms with Crippen molar-refractivity contribution in [2.75, 3.05) is 6.54 Å². The number of aliphatic hydroxyl groups is 1. The van der Waals surface area contributed by atoms with Gasteiger partial charge in [-0.2, -0.15) is 0 Å². The largest absolute Gasteiger partial charge is 0.389 e. The van der Waals surface area contributed by atoms with Crippen LogP contribution in [0.1, 0.15) is 65.7 Å². The van der Waals surface area contributed by atoms with Crippen LogP contribution in [-0.2, 0) is 0 Å². The topological polar surface area (TPSA) is 32.3 Å². The lowest BCUT2D eigenvalue weighted by Crippen LogP contribution is -2.49. The van der Waals surface area contributed by atoms with E-state index in [2.05, 4.69) is 26.1 Å². The summed E-state index contributed by atoms with van der Waals surface area (Å²) in [6.07, 6.45) is 7.98. The highest BCUT2D eigenvalue weighted by Gasteiger charge is 2.30. The molecule has 0 radical (unpaired) electrons. The smallest absolute Gasteiger partial charge is 0.0771 e. The van der Waals surface area contributed by atoms with Crippen LogP contribution in [0.15, 0.2) is 0 Å². The first kappa shape index (κ1) is 13.0. The molecule has 0 saturated heterocycles. The Kier molecular flexibility index (Phi) is 4.60. The van der Waals surface area contributed by atoms with Crippen LogP contribution in [0.4, 0.5) is 0 Å². The lowest BCUT2D eigenvalue weighted by Gasteiger charge is -2.36. The number of β-amino-alcohol motifs (C(OH)–C–C–N with tert-alkyl or cyclic N) is 1. The van der Waals surface area contributed by atoms with Crippen LogP contribution in [0.5, 0.6) is 0 Å². The molecule has 2 N–H and O–H groups in total. The molecule has 2 heteroatoms. The summed E-state index contributed by atoms with van der Waals surface area (Å²) < 4.78 is 0. The zero-order valence-corrected chi connectivity index (χ0v) is 10.6. The van der Waals surface area contributed by atoms with Crippen molar-refractivity contribution < 1.29 is 5.11 Å². The molecule has 90 valence electrons. The fraction of sp³-hybridized carbons (Fsp3) is 1.00. The van der Waals surface area contributed by atoms with E-state index in [1.165, 1.54) is 32.1 Å². The van der Waals surface area contributed by atoms with Crippen molar-refractivity contribution >= 4 is 0 Å². The minimum atomic E-state index is -0.427. The second-order valence-corrected chi connectivity index (χ2v) is 5.77. The van der Waals surface area contributed by atoms with E-state index >= 15 is 0 Å². The standard InChI is InChI=1S/C13H27NO/c1-4-8-12(2,3)14-11-13(15)9-6-5-7-10-13/h14-15H,4-11H2,1-3H3. The van der Waals surface area contributed by atoms with E-state index in [1.54, 1.807) is 0 Å². The van der Waals surface area contributed by atoms with Crippen LogP contribution < -0.4 is 5.32 Å². The lowest BCUT2D eigenvalue weighted by atomic mass is 9.84. The van der Waals surface area contributed by atoms with E-state index < -0.39 is 5.60 Å². The van der Waals surface area contributed by atoms with E-state index in [0.29, 0.717) is 0 Å². The Morgan fingerprint density at radius 3 is 2.33 bits per heavy atom. The zero-order valence-electron chi connectivity index (χ0n) is 10.6. The van der Waals surface area contributed by atoms with Crippen molar-refractivity contribution in [2.24, 2.45) is 0 Å². The molecule has 2 nitrogen and oxygen atoms in total. The van der Waals surface area contributed by atoms with Gasteiger partial charge in [-0.3, -0.25) is 0 Å². The average Bonchev–Trinajstić information content (AvgIpc) is 2.17. The molecule has 15 heavy (non-hydrogen) atoms. The predicted octanol–water partition coefficient (Wildman–Crippen LogP) is 2.85. The lowest BCUT2D eigenvalue weighted by molar-refractivity contribution is -0.00106. The highest BCUT2D eigenvalue weighted by molar-refractivity contribution is 4.88. The van der Waals surface area contributed by atoms with Gasteiger partial charge in [-0.05, 0) is 33.1 Å². The van der Waals surface area contributed by atoms with Crippen LogP contribution in [0.3, 0.4) is 0 Å². The first-order valence-electron chi connectivity index (χ1n) is 6.45. The van der Waals surface area contributed by atoms with Gasteiger partial charge in [-0.15, -0.1) is 0 Å². The molecular formula is C13H27NO. The summed E-state index contributed by atoms with van der Waals surface area (Å²) in [5.74, 6) is 0. The summed E-state index contributed by atoms with van der Waals surface area (Å²) in [4.78, 5) is 0. The molecule has 0 heterocycles. The summed E-state index contributed by atoms with van der Waals surface area (Å²) in [6, 6.07) is 0. The van der Waals surface area contributed by atoms with Crippen LogP contribution in [-0.4, -0.2) is 22.8 Å². The van der Waals surface area contributed by atoms with Gasteiger partial charge in [0, 0.05) is 12.1 Å². The minimum absolute atomic E-state index is 0.169. The van der Waals surface area contributed by atoms with Gasteiger partial charge < -0.3 is 10.4 Å².